The first-order chi connectivity index (χ1) is 10.5. The zero-order valence-electron chi connectivity index (χ0n) is 13.4. The standard InChI is InChI=1S/C16H20N4O2/c1-12-13(9-15(11-18)20(12)3)8-14(10-17)16(21)19(2)6-5-7-22-4/h8-9H,5-7H2,1-4H3/b14-8+. The third kappa shape index (κ3) is 3.97. The molecule has 1 aromatic rings. The number of hydrogen-bond donors (Lipinski definition) is 0. The number of carbonyl (C=O) groups excluding carboxylic acids is 1. The number of carbonyl (C=O) groups is 1. The summed E-state index contributed by atoms with van der Waals surface area (Å²) in [6.07, 6.45) is 2.24. The minimum atomic E-state index is -0.333. The Kier molecular flexibility index (Phi) is 6.37. The molecule has 0 aliphatic rings. The minimum absolute atomic E-state index is 0.0538. The molecule has 0 aliphatic carbocycles. The fourth-order valence-corrected chi connectivity index (χ4v) is 2.03. The average molecular weight is 300 g/mol. The molecule has 6 heteroatoms. The van der Waals surface area contributed by atoms with E-state index >= 15 is 0 Å². The Morgan fingerprint density at radius 1 is 1.50 bits per heavy atom. The second-order valence-electron chi connectivity index (χ2n) is 4.98. The van der Waals surface area contributed by atoms with Crippen LogP contribution < -0.4 is 0 Å². The highest BCUT2D eigenvalue weighted by molar-refractivity contribution is 6.01. The maximum absolute atomic E-state index is 12.3. The average Bonchev–Trinajstić information content (AvgIpc) is 2.79. The van der Waals surface area contributed by atoms with Crippen molar-refractivity contribution in [3.05, 3.63) is 28.6 Å². The third-order valence-corrected chi connectivity index (χ3v) is 3.53. The Bertz CT molecular complexity index is 659. The van der Waals surface area contributed by atoms with Gasteiger partial charge in [0.1, 0.15) is 23.4 Å². The predicted octanol–water partition coefficient (Wildman–Crippen LogP) is 1.61. The number of ether oxygens (including phenoxy) is 1. The molecule has 0 radical (unpaired) electrons. The molecule has 0 bridgehead atoms. The van der Waals surface area contributed by atoms with E-state index in [2.05, 4.69) is 6.07 Å². The molecule has 116 valence electrons. The van der Waals surface area contributed by atoms with Gasteiger partial charge in [0, 0.05) is 40.1 Å². The van der Waals surface area contributed by atoms with Gasteiger partial charge in [0.25, 0.3) is 5.91 Å². The number of nitrogens with zero attached hydrogens (tertiary/aromatic N) is 4. The molecule has 22 heavy (non-hydrogen) atoms. The first-order valence-electron chi connectivity index (χ1n) is 6.88. The lowest BCUT2D eigenvalue weighted by Gasteiger charge is -2.16. The first kappa shape index (κ1) is 17.5. The topological polar surface area (TPSA) is 82.1 Å². The summed E-state index contributed by atoms with van der Waals surface area (Å²) < 4.78 is 6.68. The van der Waals surface area contributed by atoms with Crippen molar-refractivity contribution in [3.8, 4) is 12.1 Å². The van der Waals surface area contributed by atoms with Gasteiger partial charge in [-0.1, -0.05) is 0 Å². The smallest absolute Gasteiger partial charge is 0.264 e. The van der Waals surface area contributed by atoms with E-state index in [4.69, 9.17) is 10.00 Å². The van der Waals surface area contributed by atoms with Gasteiger partial charge in [-0.05, 0) is 31.1 Å². The van der Waals surface area contributed by atoms with Crippen molar-refractivity contribution < 1.29 is 9.53 Å². The molecule has 0 spiro atoms. The molecule has 0 saturated carbocycles. The van der Waals surface area contributed by atoms with Gasteiger partial charge >= 0.3 is 0 Å². The van der Waals surface area contributed by atoms with Crippen LogP contribution >= 0.6 is 0 Å². The van der Waals surface area contributed by atoms with Crippen molar-refractivity contribution in [3.63, 3.8) is 0 Å². The van der Waals surface area contributed by atoms with Crippen molar-refractivity contribution in [2.75, 3.05) is 27.3 Å². The largest absolute Gasteiger partial charge is 0.385 e. The number of rotatable bonds is 6. The summed E-state index contributed by atoms with van der Waals surface area (Å²) >= 11 is 0. The van der Waals surface area contributed by atoms with Crippen LogP contribution in [0.1, 0.15) is 23.4 Å². The molecule has 0 unspecified atom stereocenters. The number of likely N-dealkylation sites (N-methyl/N-ethyl adjacent to an activating group) is 1. The van der Waals surface area contributed by atoms with Gasteiger partial charge in [-0.25, -0.2) is 0 Å². The molecule has 0 N–H and O–H groups in total. The van der Waals surface area contributed by atoms with E-state index in [9.17, 15) is 10.1 Å². The Morgan fingerprint density at radius 2 is 2.18 bits per heavy atom. The number of methoxy groups -OCH3 is 1. The lowest BCUT2D eigenvalue weighted by molar-refractivity contribution is -0.125. The second kappa shape index (κ2) is 8.02. The van der Waals surface area contributed by atoms with Crippen LogP contribution in [0, 0.1) is 29.6 Å². The quantitative estimate of drug-likeness (QED) is 0.454. The molecule has 0 fully saturated rings. The summed E-state index contributed by atoms with van der Waals surface area (Å²) in [6.45, 7) is 2.92. The monoisotopic (exact) mass is 300 g/mol. The van der Waals surface area contributed by atoms with Crippen LogP contribution in [0.5, 0.6) is 0 Å². The second-order valence-corrected chi connectivity index (χ2v) is 4.98. The van der Waals surface area contributed by atoms with E-state index in [-0.39, 0.29) is 11.5 Å². The SMILES string of the molecule is COCCCN(C)C(=O)/C(C#N)=C/c1cc(C#N)n(C)c1C. The molecule has 0 saturated heterocycles. The zero-order chi connectivity index (χ0) is 16.7. The highest BCUT2D eigenvalue weighted by atomic mass is 16.5. The van der Waals surface area contributed by atoms with E-state index in [1.165, 1.54) is 11.0 Å². The van der Waals surface area contributed by atoms with E-state index in [0.29, 0.717) is 30.8 Å². The molecule has 6 nitrogen and oxygen atoms in total. The summed E-state index contributed by atoms with van der Waals surface area (Å²) in [5.74, 6) is -0.333. The first-order valence-corrected chi connectivity index (χ1v) is 6.88. The normalized spacial score (nSPS) is 10.9. The zero-order valence-corrected chi connectivity index (χ0v) is 13.4. The van der Waals surface area contributed by atoms with Crippen molar-refractivity contribution in [1.82, 2.24) is 9.47 Å². The lowest BCUT2D eigenvalue weighted by atomic mass is 10.1. The van der Waals surface area contributed by atoms with Crippen LogP contribution in [0.3, 0.4) is 0 Å². The summed E-state index contributed by atoms with van der Waals surface area (Å²) in [4.78, 5) is 13.8. The number of hydrogen-bond acceptors (Lipinski definition) is 4. The number of amides is 1. The molecule has 1 aromatic heterocycles. The molecular weight excluding hydrogens is 280 g/mol. The molecule has 0 atom stereocenters. The number of nitriles is 2. The van der Waals surface area contributed by atoms with Gasteiger partial charge in [0.15, 0.2) is 0 Å². The maximum Gasteiger partial charge on any atom is 0.264 e. The van der Waals surface area contributed by atoms with Crippen molar-refractivity contribution in [2.24, 2.45) is 7.05 Å². The van der Waals surface area contributed by atoms with Crippen LogP contribution in [-0.4, -0.2) is 42.7 Å². The van der Waals surface area contributed by atoms with Gasteiger partial charge in [-0.15, -0.1) is 0 Å². The van der Waals surface area contributed by atoms with E-state index < -0.39 is 0 Å². The van der Waals surface area contributed by atoms with Gasteiger partial charge in [0.2, 0.25) is 0 Å². The Labute approximate surface area is 130 Å². The summed E-state index contributed by atoms with van der Waals surface area (Å²) in [7, 11) is 5.03. The van der Waals surface area contributed by atoms with Crippen LogP contribution in [0.15, 0.2) is 11.6 Å². The van der Waals surface area contributed by atoms with Gasteiger partial charge in [-0.2, -0.15) is 10.5 Å². The minimum Gasteiger partial charge on any atom is -0.385 e. The summed E-state index contributed by atoms with van der Waals surface area (Å²) in [6, 6.07) is 5.69. The Balaban J connectivity index is 2.99. The fourth-order valence-electron chi connectivity index (χ4n) is 2.03. The number of aromatic nitrogens is 1. The predicted molar refractivity (Wildman–Crippen MR) is 82.6 cm³/mol. The van der Waals surface area contributed by atoms with Crippen LogP contribution in [-0.2, 0) is 16.6 Å². The lowest BCUT2D eigenvalue weighted by Crippen LogP contribution is -2.29. The van der Waals surface area contributed by atoms with Crippen molar-refractivity contribution in [2.45, 2.75) is 13.3 Å². The maximum atomic E-state index is 12.3. The van der Waals surface area contributed by atoms with Crippen molar-refractivity contribution in [1.29, 1.82) is 10.5 Å². The van der Waals surface area contributed by atoms with Gasteiger partial charge < -0.3 is 14.2 Å². The molecule has 0 aromatic carbocycles. The van der Waals surface area contributed by atoms with E-state index in [0.717, 1.165) is 5.69 Å². The highest BCUT2D eigenvalue weighted by Gasteiger charge is 2.16. The Hall–Kier alpha value is -2.57. The van der Waals surface area contributed by atoms with Gasteiger partial charge in [0.05, 0.1) is 0 Å². The molecule has 0 aliphatic heterocycles. The van der Waals surface area contributed by atoms with Crippen LogP contribution in [0.25, 0.3) is 6.08 Å². The Morgan fingerprint density at radius 3 is 2.68 bits per heavy atom. The molecular formula is C16H20N4O2. The van der Waals surface area contributed by atoms with Gasteiger partial charge in [-0.3, -0.25) is 4.79 Å². The highest BCUT2D eigenvalue weighted by Crippen LogP contribution is 2.17. The van der Waals surface area contributed by atoms with Crippen LogP contribution in [0.4, 0.5) is 0 Å². The third-order valence-electron chi connectivity index (χ3n) is 3.53. The molecule has 1 amide bonds. The van der Waals surface area contributed by atoms with Crippen molar-refractivity contribution >= 4 is 12.0 Å². The van der Waals surface area contributed by atoms with E-state index in [1.54, 1.807) is 31.8 Å². The molecule has 1 heterocycles. The summed E-state index contributed by atoms with van der Waals surface area (Å²) in [5.41, 5.74) is 2.08. The molecule has 1 rings (SSSR count). The summed E-state index contributed by atoms with van der Waals surface area (Å²) in [5, 5.41) is 18.3. The fraction of sp³-hybridized carbons (Fsp3) is 0.438. The van der Waals surface area contributed by atoms with Crippen LogP contribution in [0.2, 0.25) is 0 Å². The van der Waals surface area contributed by atoms with E-state index in [1.807, 2.05) is 13.0 Å².